The van der Waals surface area contributed by atoms with Gasteiger partial charge in [0.1, 0.15) is 0 Å². The van der Waals surface area contributed by atoms with E-state index < -0.39 is 0 Å². The molecule has 0 saturated heterocycles. The highest BCUT2D eigenvalue weighted by atomic mass is 16.2. The van der Waals surface area contributed by atoms with Gasteiger partial charge in [-0.15, -0.1) is 0 Å². The molecule has 0 radical (unpaired) electrons. The number of benzene rings is 2. The van der Waals surface area contributed by atoms with Gasteiger partial charge >= 0.3 is 0 Å². The van der Waals surface area contributed by atoms with Crippen LogP contribution in [0.1, 0.15) is 27.0 Å². The van der Waals surface area contributed by atoms with E-state index in [0.29, 0.717) is 25.1 Å². The van der Waals surface area contributed by atoms with Crippen LogP contribution in [-0.4, -0.2) is 41.8 Å². The fourth-order valence-electron chi connectivity index (χ4n) is 3.32. The molecule has 2 aromatic rings. The Morgan fingerprint density at radius 2 is 1.84 bits per heavy atom. The predicted octanol–water partition coefficient (Wildman–Crippen LogP) is 1.80. The molecule has 130 valence electrons. The minimum atomic E-state index is -0.330. The standard InChI is InChI=1S/C20H23N3O2/c1-22(2)20(25)16-9-5-6-14(10-16)12-23-13-17-8-4-3-7-15(17)11-18(23)19(21)24/h3-10,18H,11-13H2,1-2H3,(H2,21,24)/t18-/m0/s1. The molecule has 0 fully saturated rings. The van der Waals surface area contributed by atoms with Crippen LogP contribution in [0.15, 0.2) is 48.5 Å². The van der Waals surface area contributed by atoms with Crippen molar-refractivity contribution in [2.75, 3.05) is 14.1 Å². The second-order valence-electron chi connectivity index (χ2n) is 6.70. The summed E-state index contributed by atoms with van der Waals surface area (Å²) in [6.07, 6.45) is 0.627. The number of nitrogens with zero attached hydrogens (tertiary/aromatic N) is 2. The first-order valence-corrected chi connectivity index (χ1v) is 8.36. The lowest BCUT2D eigenvalue weighted by Crippen LogP contribution is -2.48. The van der Waals surface area contributed by atoms with Gasteiger partial charge in [-0.2, -0.15) is 0 Å². The fraction of sp³-hybridized carbons (Fsp3) is 0.300. The van der Waals surface area contributed by atoms with Gasteiger partial charge in [-0.3, -0.25) is 14.5 Å². The Hall–Kier alpha value is -2.66. The van der Waals surface area contributed by atoms with Crippen LogP contribution >= 0.6 is 0 Å². The molecule has 2 N–H and O–H groups in total. The molecular formula is C20H23N3O2. The number of carbonyl (C=O) groups excluding carboxylic acids is 2. The molecule has 0 saturated carbocycles. The maximum absolute atomic E-state index is 12.2. The first-order valence-electron chi connectivity index (χ1n) is 8.36. The number of fused-ring (bicyclic) bond motifs is 1. The van der Waals surface area contributed by atoms with E-state index in [1.54, 1.807) is 19.0 Å². The maximum Gasteiger partial charge on any atom is 0.253 e. The second kappa shape index (κ2) is 7.07. The van der Waals surface area contributed by atoms with Gasteiger partial charge in [0.25, 0.3) is 5.91 Å². The van der Waals surface area contributed by atoms with Crippen LogP contribution in [-0.2, 0) is 24.3 Å². The Balaban J connectivity index is 1.85. The van der Waals surface area contributed by atoms with Crippen molar-refractivity contribution in [2.45, 2.75) is 25.6 Å². The van der Waals surface area contributed by atoms with Crippen molar-refractivity contribution in [2.24, 2.45) is 5.73 Å². The van der Waals surface area contributed by atoms with E-state index in [0.717, 1.165) is 5.56 Å². The van der Waals surface area contributed by atoms with Gasteiger partial charge in [0, 0.05) is 32.7 Å². The highest BCUT2D eigenvalue weighted by molar-refractivity contribution is 5.94. The molecule has 1 heterocycles. The zero-order valence-electron chi connectivity index (χ0n) is 14.6. The van der Waals surface area contributed by atoms with Crippen molar-refractivity contribution in [1.29, 1.82) is 0 Å². The smallest absolute Gasteiger partial charge is 0.253 e. The van der Waals surface area contributed by atoms with Crippen molar-refractivity contribution in [3.63, 3.8) is 0 Å². The van der Waals surface area contributed by atoms with Gasteiger partial charge in [-0.05, 0) is 35.2 Å². The highest BCUT2D eigenvalue weighted by Gasteiger charge is 2.29. The van der Waals surface area contributed by atoms with E-state index in [4.69, 9.17) is 5.73 Å². The summed E-state index contributed by atoms with van der Waals surface area (Å²) >= 11 is 0. The van der Waals surface area contributed by atoms with Crippen LogP contribution in [0.25, 0.3) is 0 Å². The molecule has 3 rings (SSSR count). The largest absolute Gasteiger partial charge is 0.368 e. The van der Waals surface area contributed by atoms with Crippen molar-refractivity contribution < 1.29 is 9.59 Å². The molecule has 0 aromatic heterocycles. The van der Waals surface area contributed by atoms with Gasteiger partial charge < -0.3 is 10.6 Å². The van der Waals surface area contributed by atoms with Crippen molar-refractivity contribution in [3.05, 3.63) is 70.8 Å². The molecule has 2 aromatic carbocycles. The molecule has 1 aliphatic rings. The summed E-state index contributed by atoms with van der Waals surface area (Å²) in [6, 6.07) is 15.4. The maximum atomic E-state index is 12.2. The third kappa shape index (κ3) is 3.72. The minimum Gasteiger partial charge on any atom is -0.368 e. The van der Waals surface area contributed by atoms with E-state index in [2.05, 4.69) is 17.0 Å². The van der Waals surface area contributed by atoms with Crippen LogP contribution < -0.4 is 5.73 Å². The average molecular weight is 337 g/mol. The molecule has 1 atom stereocenters. The monoisotopic (exact) mass is 337 g/mol. The number of hydrogen-bond donors (Lipinski definition) is 1. The third-order valence-corrected chi connectivity index (χ3v) is 4.64. The van der Waals surface area contributed by atoms with Crippen molar-refractivity contribution >= 4 is 11.8 Å². The Bertz CT molecular complexity index is 801. The number of carbonyl (C=O) groups is 2. The molecule has 0 bridgehead atoms. The van der Waals surface area contributed by atoms with E-state index in [1.165, 1.54) is 11.1 Å². The fourth-order valence-corrected chi connectivity index (χ4v) is 3.32. The summed E-state index contributed by atoms with van der Waals surface area (Å²) in [6.45, 7) is 1.26. The summed E-state index contributed by atoms with van der Waals surface area (Å²) in [5.41, 5.74) is 9.69. The molecular weight excluding hydrogens is 314 g/mol. The number of nitrogens with two attached hydrogens (primary N) is 1. The zero-order chi connectivity index (χ0) is 18.0. The van der Waals surface area contributed by atoms with Crippen LogP contribution in [0.2, 0.25) is 0 Å². The summed E-state index contributed by atoms with van der Waals surface area (Å²) < 4.78 is 0. The van der Waals surface area contributed by atoms with Gasteiger partial charge in [-0.1, -0.05) is 36.4 Å². The van der Waals surface area contributed by atoms with Crippen molar-refractivity contribution in [1.82, 2.24) is 9.80 Å². The molecule has 2 amide bonds. The van der Waals surface area contributed by atoms with Crippen LogP contribution in [0.4, 0.5) is 0 Å². The summed E-state index contributed by atoms with van der Waals surface area (Å²) in [5, 5.41) is 0. The van der Waals surface area contributed by atoms with Crippen LogP contribution in [0.3, 0.4) is 0 Å². The molecule has 0 unspecified atom stereocenters. The molecule has 5 nitrogen and oxygen atoms in total. The average Bonchev–Trinajstić information content (AvgIpc) is 2.60. The second-order valence-corrected chi connectivity index (χ2v) is 6.70. The van der Waals surface area contributed by atoms with Gasteiger partial charge in [0.15, 0.2) is 0 Å². The molecule has 5 heteroatoms. The third-order valence-electron chi connectivity index (χ3n) is 4.64. The van der Waals surface area contributed by atoms with E-state index in [1.807, 2.05) is 36.4 Å². The van der Waals surface area contributed by atoms with E-state index in [-0.39, 0.29) is 17.9 Å². The van der Waals surface area contributed by atoms with Gasteiger partial charge in [0.05, 0.1) is 6.04 Å². The molecule has 0 spiro atoms. The SMILES string of the molecule is CN(C)C(=O)c1cccc(CN2Cc3ccccc3C[C@H]2C(N)=O)c1. The number of amides is 2. The number of primary amides is 1. The van der Waals surface area contributed by atoms with E-state index in [9.17, 15) is 9.59 Å². The van der Waals surface area contributed by atoms with Gasteiger partial charge in [-0.25, -0.2) is 0 Å². The number of rotatable bonds is 4. The normalized spacial score (nSPS) is 17.0. The van der Waals surface area contributed by atoms with Crippen molar-refractivity contribution in [3.8, 4) is 0 Å². The van der Waals surface area contributed by atoms with Crippen LogP contribution in [0.5, 0.6) is 0 Å². The number of hydrogen-bond acceptors (Lipinski definition) is 3. The molecule has 0 aliphatic carbocycles. The Morgan fingerprint density at radius 3 is 2.52 bits per heavy atom. The lowest BCUT2D eigenvalue weighted by Gasteiger charge is -2.35. The molecule has 25 heavy (non-hydrogen) atoms. The molecule has 1 aliphatic heterocycles. The first kappa shape index (κ1) is 17.2. The van der Waals surface area contributed by atoms with Gasteiger partial charge in [0.2, 0.25) is 5.91 Å². The predicted molar refractivity (Wildman–Crippen MR) is 96.8 cm³/mol. The summed E-state index contributed by atoms with van der Waals surface area (Å²) in [4.78, 5) is 27.8. The lowest BCUT2D eigenvalue weighted by molar-refractivity contribution is -0.124. The lowest BCUT2D eigenvalue weighted by atomic mass is 9.93. The topological polar surface area (TPSA) is 66.6 Å². The summed E-state index contributed by atoms with van der Waals surface area (Å²) in [5.74, 6) is -0.340. The highest BCUT2D eigenvalue weighted by Crippen LogP contribution is 2.25. The Labute approximate surface area is 148 Å². The first-order chi connectivity index (χ1) is 12.0. The van der Waals surface area contributed by atoms with Crippen LogP contribution in [0, 0.1) is 0 Å². The zero-order valence-corrected chi connectivity index (χ0v) is 14.6. The Kier molecular flexibility index (Phi) is 4.86. The Morgan fingerprint density at radius 1 is 1.12 bits per heavy atom. The summed E-state index contributed by atoms with van der Waals surface area (Å²) in [7, 11) is 3.47. The minimum absolute atomic E-state index is 0.0303. The quantitative estimate of drug-likeness (QED) is 0.925. The van der Waals surface area contributed by atoms with E-state index >= 15 is 0 Å².